The van der Waals surface area contributed by atoms with Crippen molar-refractivity contribution in [2.45, 2.75) is 57.8 Å². The van der Waals surface area contributed by atoms with Crippen molar-refractivity contribution < 1.29 is 23.8 Å². The number of nitrogens with one attached hydrogen (secondary N) is 1. The third kappa shape index (κ3) is 4.15. The summed E-state index contributed by atoms with van der Waals surface area (Å²) < 4.78 is 17.2. The smallest absolute Gasteiger partial charge is 0.399 e. The highest BCUT2D eigenvalue weighted by atomic mass is 16.7. The molecule has 146 valence electrons. The van der Waals surface area contributed by atoms with E-state index in [9.17, 15) is 14.9 Å². The maximum absolute atomic E-state index is 12.7. The largest absolute Gasteiger partial charge is 0.495 e. The van der Waals surface area contributed by atoms with Crippen LogP contribution in [0.3, 0.4) is 0 Å². The number of nitrogens with zero attached hydrogens (tertiary/aromatic N) is 1. The molecule has 2 saturated heterocycles. The van der Waals surface area contributed by atoms with Crippen LogP contribution in [-0.4, -0.2) is 48.4 Å². The summed E-state index contributed by atoms with van der Waals surface area (Å²) in [5.74, 6) is -0.344. The molecular formula is C18H25BN2O6. The molecule has 1 aromatic rings. The van der Waals surface area contributed by atoms with Crippen LogP contribution < -0.4 is 10.8 Å². The Kier molecular flexibility index (Phi) is 5.29. The first-order chi connectivity index (χ1) is 12.6. The van der Waals surface area contributed by atoms with Gasteiger partial charge in [-0.2, -0.15) is 0 Å². The average molecular weight is 376 g/mol. The Labute approximate surface area is 158 Å². The molecule has 0 radical (unpaired) electrons. The van der Waals surface area contributed by atoms with Crippen LogP contribution in [0.4, 0.5) is 5.69 Å². The minimum absolute atomic E-state index is 0.00538. The van der Waals surface area contributed by atoms with E-state index in [1.165, 1.54) is 12.1 Å². The Morgan fingerprint density at radius 3 is 2.30 bits per heavy atom. The second kappa shape index (κ2) is 7.22. The van der Waals surface area contributed by atoms with Crippen molar-refractivity contribution in [1.82, 2.24) is 5.32 Å². The van der Waals surface area contributed by atoms with Gasteiger partial charge in [-0.05, 0) is 52.1 Å². The molecule has 2 fully saturated rings. The van der Waals surface area contributed by atoms with Gasteiger partial charge < -0.3 is 19.4 Å². The first kappa shape index (κ1) is 19.8. The number of nitro benzene ring substituents is 1. The van der Waals surface area contributed by atoms with Crippen LogP contribution >= 0.6 is 0 Å². The second-order valence-electron chi connectivity index (χ2n) is 8.02. The van der Waals surface area contributed by atoms with Gasteiger partial charge in [0.2, 0.25) is 0 Å². The molecule has 2 aliphatic heterocycles. The van der Waals surface area contributed by atoms with Crippen LogP contribution in [0.1, 0.15) is 50.9 Å². The topological polar surface area (TPSA) is 99.9 Å². The molecule has 27 heavy (non-hydrogen) atoms. The number of benzene rings is 1. The van der Waals surface area contributed by atoms with Crippen molar-refractivity contribution in [2.75, 3.05) is 13.2 Å². The maximum atomic E-state index is 12.7. The molecule has 2 heterocycles. The molecule has 0 spiro atoms. The lowest BCUT2D eigenvalue weighted by molar-refractivity contribution is -0.384. The molecule has 0 aromatic heterocycles. The zero-order chi connectivity index (χ0) is 19.8. The molecule has 0 saturated carbocycles. The lowest BCUT2D eigenvalue weighted by Crippen LogP contribution is -2.41. The van der Waals surface area contributed by atoms with Crippen molar-refractivity contribution >= 4 is 24.2 Å². The third-order valence-electron chi connectivity index (χ3n) is 5.50. The fourth-order valence-corrected chi connectivity index (χ4v) is 3.10. The molecule has 0 atom stereocenters. The van der Waals surface area contributed by atoms with Gasteiger partial charge in [-0.25, -0.2) is 0 Å². The van der Waals surface area contributed by atoms with Gasteiger partial charge in [0.1, 0.15) is 0 Å². The van der Waals surface area contributed by atoms with Crippen molar-refractivity contribution in [3.63, 3.8) is 0 Å². The van der Waals surface area contributed by atoms with Gasteiger partial charge in [-0.3, -0.25) is 14.9 Å². The summed E-state index contributed by atoms with van der Waals surface area (Å²) >= 11 is 0. The first-order valence-electron chi connectivity index (χ1n) is 9.13. The predicted octanol–water partition coefficient (Wildman–Crippen LogP) is 1.80. The molecule has 2 aliphatic rings. The van der Waals surface area contributed by atoms with Crippen LogP contribution in [0, 0.1) is 10.1 Å². The fourth-order valence-electron chi connectivity index (χ4n) is 3.10. The Morgan fingerprint density at radius 1 is 1.15 bits per heavy atom. The third-order valence-corrected chi connectivity index (χ3v) is 5.50. The summed E-state index contributed by atoms with van der Waals surface area (Å²) in [6, 6.07) is 4.28. The number of non-ortho nitro benzene ring substituents is 1. The van der Waals surface area contributed by atoms with Crippen molar-refractivity contribution in [3.8, 4) is 0 Å². The van der Waals surface area contributed by atoms with E-state index in [-0.39, 0.29) is 23.2 Å². The second-order valence-corrected chi connectivity index (χ2v) is 8.02. The van der Waals surface area contributed by atoms with E-state index in [1.807, 2.05) is 27.7 Å². The molecule has 3 rings (SSSR count). The van der Waals surface area contributed by atoms with Gasteiger partial charge in [-0.1, -0.05) is 0 Å². The lowest BCUT2D eigenvalue weighted by atomic mass is 9.78. The number of carbonyl (C=O) groups is 1. The molecule has 0 unspecified atom stereocenters. The van der Waals surface area contributed by atoms with E-state index < -0.39 is 23.2 Å². The van der Waals surface area contributed by atoms with E-state index in [1.54, 1.807) is 6.07 Å². The first-order valence-corrected chi connectivity index (χ1v) is 9.13. The summed E-state index contributed by atoms with van der Waals surface area (Å²) in [5.41, 5.74) is -0.640. The predicted molar refractivity (Wildman–Crippen MR) is 100 cm³/mol. The lowest BCUT2D eigenvalue weighted by Gasteiger charge is -2.32. The average Bonchev–Trinajstić information content (AvgIpc) is 2.83. The standard InChI is InChI=1S/C18H25BN2O6/c1-17(2)18(3,4)27-19(26-17)13-9-12(10-15(11-13)21(23)24)16(22)20-14-5-7-25-8-6-14/h9-11,14H,5-8H2,1-4H3,(H,20,22). The number of carbonyl (C=O) groups excluding carboxylic acids is 1. The van der Waals surface area contributed by atoms with Crippen LogP contribution in [0.15, 0.2) is 18.2 Å². The van der Waals surface area contributed by atoms with Gasteiger partial charge in [0.05, 0.1) is 16.1 Å². The normalized spacial score (nSPS) is 21.9. The molecule has 1 N–H and O–H groups in total. The van der Waals surface area contributed by atoms with E-state index in [4.69, 9.17) is 14.0 Å². The van der Waals surface area contributed by atoms with Crippen molar-refractivity contribution in [1.29, 1.82) is 0 Å². The van der Waals surface area contributed by atoms with E-state index in [0.717, 1.165) is 12.8 Å². The van der Waals surface area contributed by atoms with Gasteiger partial charge in [-0.15, -0.1) is 0 Å². The molecule has 8 nitrogen and oxygen atoms in total. The van der Waals surface area contributed by atoms with Crippen LogP contribution in [0.2, 0.25) is 0 Å². The van der Waals surface area contributed by atoms with Crippen molar-refractivity contribution in [3.05, 3.63) is 33.9 Å². The van der Waals surface area contributed by atoms with Crippen LogP contribution in [-0.2, 0) is 14.0 Å². The molecular weight excluding hydrogens is 351 g/mol. The highest BCUT2D eigenvalue weighted by Crippen LogP contribution is 2.36. The van der Waals surface area contributed by atoms with E-state index >= 15 is 0 Å². The number of rotatable bonds is 4. The Morgan fingerprint density at radius 2 is 1.74 bits per heavy atom. The van der Waals surface area contributed by atoms with Gasteiger partial charge in [0, 0.05) is 37.0 Å². The summed E-state index contributed by atoms with van der Waals surface area (Å²) in [5, 5.41) is 14.3. The molecule has 0 bridgehead atoms. The SMILES string of the molecule is CC1(C)OB(c2cc(C(=O)NC3CCOCC3)cc([N+](=O)[O-])c2)OC1(C)C. The summed E-state index contributed by atoms with van der Waals surface area (Å²) in [7, 11) is -0.774. The molecule has 0 aliphatic carbocycles. The van der Waals surface area contributed by atoms with Crippen LogP contribution in [0.5, 0.6) is 0 Å². The highest BCUT2D eigenvalue weighted by molar-refractivity contribution is 6.62. The number of hydrogen-bond acceptors (Lipinski definition) is 6. The van der Waals surface area contributed by atoms with Gasteiger partial charge in [0.25, 0.3) is 11.6 Å². The highest BCUT2D eigenvalue weighted by Gasteiger charge is 2.52. The maximum Gasteiger partial charge on any atom is 0.495 e. The molecule has 1 amide bonds. The van der Waals surface area contributed by atoms with Crippen LogP contribution in [0.25, 0.3) is 0 Å². The fraction of sp³-hybridized carbons (Fsp3) is 0.611. The zero-order valence-electron chi connectivity index (χ0n) is 16.1. The number of nitro groups is 1. The molecule has 1 aromatic carbocycles. The quantitative estimate of drug-likeness (QED) is 0.489. The Hall–Kier alpha value is -1.97. The number of ether oxygens (including phenoxy) is 1. The van der Waals surface area contributed by atoms with Gasteiger partial charge >= 0.3 is 7.12 Å². The van der Waals surface area contributed by atoms with Crippen molar-refractivity contribution in [2.24, 2.45) is 0 Å². The monoisotopic (exact) mass is 376 g/mol. The molecule has 9 heteroatoms. The summed E-state index contributed by atoms with van der Waals surface area (Å²) in [6.45, 7) is 8.82. The minimum atomic E-state index is -0.774. The van der Waals surface area contributed by atoms with E-state index in [0.29, 0.717) is 18.7 Å². The number of amides is 1. The Balaban J connectivity index is 1.87. The minimum Gasteiger partial charge on any atom is -0.399 e. The Bertz CT molecular complexity index is 729. The van der Waals surface area contributed by atoms with Gasteiger partial charge in [0.15, 0.2) is 0 Å². The summed E-state index contributed by atoms with van der Waals surface area (Å²) in [6.07, 6.45) is 1.45. The summed E-state index contributed by atoms with van der Waals surface area (Å²) in [4.78, 5) is 23.5. The van der Waals surface area contributed by atoms with E-state index in [2.05, 4.69) is 5.32 Å². The number of hydrogen-bond donors (Lipinski definition) is 1. The zero-order valence-corrected chi connectivity index (χ0v) is 16.1.